The first-order valence-corrected chi connectivity index (χ1v) is 5.77. The molecule has 2 aromatic rings. The second-order valence-electron chi connectivity index (χ2n) is 4.26. The van der Waals surface area contributed by atoms with Crippen LogP contribution in [-0.4, -0.2) is 11.3 Å². The molecule has 1 N–H and O–H groups in total. The van der Waals surface area contributed by atoms with Crippen molar-refractivity contribution in [1.82, 2.24) is 0 Å². The Morgan fingerprint density at radius 3 is 2.20 bits per heavy atom. The lowest BCUT2D eigenvalue weighted by Gasteiger charge is -2.15. The highest BCUT2D eigenvalue weighted by atomic mass is 19.4. The summed E-state index contributed by atoms with van der Waals surface area (Å²) in [5.74, 6) is 0. The molecule has 0 saturated heterocycles. The number of halogens is 3. The Morgan fingerprint density at radius 1 is 1.00 bits per heavy atom. The molecule has 2 nitrogen and oxygen atoms in total. The largest absolute Gasteiger partial charge is 0.418 e. The van der Waals surface area contributed by atoms with Gasteiger partial charge in [0.15, 0.2) is 6.10 Å². The zero-order chi connectivity index (χ0) is 14.8. The normalized spacial score (nSPS) is 12.8. The lowest BCUT2D eigenvalue weighted by molar-refractivity contribution is -0.206. The average molecular weight is 277 g/mol. The average Bonchev–Trinajstić information content (AvgIpc) is 2.46. The highest BCUT2D eigenvalue weighted by molar-refractivity contribution is 5.65. The van der Waals surface area contributed by atoms with Crippen molar-refractivity contribution in [2.45, 2.75) is 12.3 Å². The summed E-state index contributed by atoms with van der Waals surface area (Å²) in [6.07, 6.45) is -7.16. The van der Waals surface area contributed by atoms with Gasteiger partial charge in [-0.3, -0.25) is 0 Å². The van der Waals surface area contributed by atoms with Crippen LogP contribution in [0.4, 0.5) is 13.2 Å². The molecule has 0 aliphatic heterocycles. The first-order valence-electron chi connectivity index (χ1n) is 5.77. The molecule has 0 fully saturated rings. The molecule has 2 rings (SSSR count). The van der Waals surface area contributed by atoms with E-state index in [1.807, 2.05) is 6.07 Å². The lowest BCUT2D eigenvalue weighted by atomic mass is 10.0. The molecule has 20 heavy (non-hydrogen) atoms. The first kappa shape index (κ1) is 14.1. The second kappa shape index (κ2) is 5.35. The molecule has 1 atom stereocenters. The van der Waals surface area contributed by atoms with Crippen molar-refractivity contribution in [2.24, 2.45) is 0 Å². The van der Waals surface area contributed by atoms with E-state index in [-0.39, 0.29) is 5.56 Å². The fourth-order valence-corrected chi connectivity index (χ4v) is 1.82. The van der Waals surface area contributed by atoms with E-state index >= 15 is 0 Å². The Balaban J connectivity index is 2.31. The monoisotopic (exact) mass is 277 g/mol. The van der Waals surface area contributed by atoms with Crippen molar-refractivity contribution >= 4 is 0 Å². The Bertz CT molecular complexity index is 641. The Morgan fingerprint density at radius 2 is 1.65 bits per heavy atom. The Hall–Kier alpha value is -2.32. The minimum Gasteiger partial charge on any atom is -0.379 e. The fraction of sp³-hybridized carbons (Fsp3) is 0.133. The van der Waals surface area contributed by atoms with Crippen molar-refractivity contribution in [3.05, 3.63) is 59.7 Å². The summed E-state index contributed by atoms with van der Waals surface area (Å²) in [6, 6.07) is 14.2. The van der Waals surface area contributed by atoms with Gasteiger partial charge in [0.05, 0.1) is 11.6 Å². The van der Waals surface area contributed by atoms with E-state index in [2.05, 4.69) is 0 Å². The number of hydrogen-bond donors (Lipinski definition) is 1. The second-order valence-corrected chi connectivity index (χ2v) is 4.26. The quantitative estimate of drug-likeness (QED) is 0.906. The number of hydrogen-bond acceptors (Lipinski definition) is 2. The smallest absolute Gasteiger partial charge is 0.379 e. The van der Waals surface area contributed by atoms with Crippen LogP contribution in [0.15, 0.2) is 48.5 Å². The van der Waals surface area contributed by atoms with Gasteiger partial charge in [-0.25, -0.2) is 0 Å². The molecule has 0 unspecified atom stereocenters. The molecule has 0 radical (unpaired) electrons. The third kappa shape index (κ3) is 2.98. The molecule has 0 amide bonds. The fourth-order valence-electron chi connectivity index (χ4n) is 1.82. The third-order valence-electron chi connectivity index (χ3n) is 2.86. The number of aliphatic hydroxyl groups excluding tert-OH is 1. The zero-order valence-electron chi connectivity index (χ0n) is 10.2. The van der Waals surface area contributed by atoms with E-state index in [1.54, 1.807) is 24.3 Å². The molecule has 0 bridgehead atoms. The molecule has 0 saturated carbocycles. The zero-order valence-corrected chi connectivity index (χ0v) is 10.2. The van der Waals surface area contributed by atoms with E-state index < -0.39 is 12.3 Å². The van der Waals surface area contributed by atoms with E-state index in [0.717, 1.165) is 5.56 Å². The van der Waals surface area contributed by atoms with Gasteiger partial charge in [-0.15, -0.1) is 0 Å². The van der Waals surface area contributed by atoms with Crippen LogP contribution in [0.3, 0.4) is 0 Å². The minimum absolute atomic E-state index is 0.210. The summed E-state index contributed by atoms with van der Waals surface area (Å²) in [4.78, 5) is 0. The summed E-state index contributed by atoms with van der Waals surface area (Å²) in [5, 5.41) is 17.9. The van der Waals surface area contributed by atoms with Gasteiger partial charge in [0.2, 0.25) is 0 Å². The molecule has 2 aromatic carbocycles. The van der Waals surface area contributed by atoms with Gasteiger partial charge >= 0.3 is 6.18 Å². The maximum absolute atomic E-state index is 12.4. The summed E-state index contributed by atoms with van der Waals surface area (Å²) in [5.41, 5.74) is 1.68. The van der Waals surface area contributed by atoms with Crippen LogP contribution < -0.4 is 0 Å². The van der Waals surface area contributed by atoms with Crippen LogP contribution in [0.2, 0.25) is 0 Å². The number of benzene rings is 2. The van der Waals surface area contributed by atoms with Crippen molar-refractivity contribution in [1.29, 1.82) is 5.26 Å². The predicted molar refractivity (Wildman–Crippen MR) is 67.6 cm³/mol. The number of aliphatic hydroxyl groups is 1. The van der Waals surface area contributed by atoms with Gasteiger partial charge < -0.3 is 5.11 Å². The summed E-state index contributed by atoms with van der Waals surface area (Å²) < 4.78 is 37.1. The molecule has 0 aliphatic carbocycles. The molecular weight excluding hydrogens is 267 g/mol. The van der Waals surface area contributed by atoms with Crippen LogP contribution in [0.5, 0.6) is 0 Å². The van der Waals surface area contributed by atoms with Gasteiger partial charge in [0.1, 0.15) is 0 Å². The van der Waals surface area contributed by atoms with Crippen LogP contribution >= 0.6 is 0 Å². The van der Waals surface area contributed by atoms with Crippen molar-refractivity contribution in [2.75, 3.05) is 0 Å². The minimum atomic E-state index is -4.68. The van der Waals surface area contributed by atoms with Gasteiger partial charge in [-0.1, -0.05) is 36.4 Å². The topological polar surface area (TPSA) is 44.0 Å². The van der Waals surface area contributed by atoms with Crippen molar-refractivity contribution in [3.63, 3.8) is 0 Å². The van der Waals surface area contributed by atoms with Crippen LogP contribution in [0.25, 0.3) is 11.1 Å². The standard InChI is InChI=1S/C15H10F3NO/c16-15(17,18)14(20)12-6-4-11(5-7-12)13-3-1-2-10(8-13)9-19/h1-8,14,20H/t14-/m1/s1. The van der Waals surface area contributed by atoms with Gasteiger partial charge in [0.25, 0.3) is 0 Å². The Kier molecular flexibility index (Phi) is 3.77. The number of rotatable bonds is 2. The van der Waals surface area contributed by atoms with E-state index in [1.165, 1.54) is 24.3 Å². The molecule has 0 spiro atoms. The maximum Gasteiger partial charge on any atom is 0.418 e. The van der Waals surface area contributed by atoms with Crippen LogP contribution in [0, 0.1) is 11.3 Å². The summed E-state index contributed by atoms with van der Waals surface area (Å²) in [7, 11) is 0. The van der Waals surface area contributed by atoms with Gasteiger partial charge in [0, 0.05) is 0 Å². The molecule has 102 valence electrons. The van der Waals surface area contributed by atoms with Crippen molar-refractivity contribution < 1.29 is 18.3 Å². The number of nitrogens with zero attached hydrogens (tertiary/aromatic N) is 1. The Labute approximate surface area is 113 Å². The highest BCUT2D eigenvalue weighted by Crippen LogP contribution is 2.33. The van der Waals surface area contributed by atoms with E-state index in [9.17, 15) is 13.2 Å². The molecular formula is C15H10F3NO. The maximum atomic E-state index is 12.4. The lowest BCUT2D eigenvalue weighted by Crippen LogP contribution is -2.19. The van der Waals surface area contributed by atoms with Gasteiger partial charge in [-0.05, 0) is 28.8 Å². The van der Waals surface area contributed by atoms with E-state index in [0.29, 0.717) is 11.1 Å². The molecule has 0 heterocycles. The van der Waals surface area contributed by atoms with E-state index in [4.69, 9.17) is 10.4 Å². The number of alkyl halides is 3. The predicted octanol–water partition coefficient (Wildman–Crippen LogP) is 3.82. The SMILES string of the molecule is N#Cc1cccc(-c2ccc([C@@H](O)C(F)(F)F)cc2)c1. The van der Waals surface area contributed by atoms with Crippen LogP contribution in [-0.2, 0) is 0 Å². The highest BCUT2D eigenvalue weighted by Gasteiger charge is 2.39. The van der Waals surface area contributed by atoms with Crippen LogP contribution in [0.1, 0.15) is 17.2 Å². The summed E-state index contributed by atoms with van der Waals surface area (Å²) in [6.45, 7) is 0. The van der Waals surface area contributed by atoms with Gasteiger partial charge in [-0.2, -0.15) is 18.4 Å². The first-order chi connectivity index (χ1) is 9.41. The number of nitriles is 1. The third-order valence-corrected chi connectivity index (χ3v) is 2.86. The molecule has 0 aliphatic rings. The molecule has 0 aromatic heterocycles. The summed E-state index contributed by atoms with van der Waals surface area (Å²) >= 11 is 0. The van der Waals surface area contributed by atoms with Crippen molar-refractivity contribution in [3.8, 4) is 17.2 Å². The molecule has 5 heteroatoms.